The van der Waals surface area contributed by atoms with Crippen LogP contribution in [0.25, 0.3) is 0 Å². The molecule has 0 N–H and O–H groups in total. The standard InChI is InChI=1S/C9H8ClNO3S/c10-15(13,14)11-8-4-2-1-3-5(6(3)8)7(4)9(11)12/h1-8H. The number of allylic oxidation sites excluding steroid dienone is 1. The highest BCUT2D eigenvalue weighted by Gasteiger charge is 2.77. The monoisotopic (exact) mass is 245 g/mol. The van der Waals surface area contributed by atoms with Crippen molar-refractivity contribution in [3.63, 3.8) is 0 Å². The molecule has 3 fully saturated rings. The van der Waals surface area contributed by atoms with Crippen molar-refractivity contribution in [3.8, 4) is 0 Å². The third-order valence-electron chi connectivity index (χ3n) is 4.37. The van der Waals surface area contributed by atoms with Crippen molar-refractivity contribution in [2.75, 3.05) is 0 Å². The van der Waals surface area contributed by atoms with Crippen molar-refractivity contribution in [1.29, 1.82) is 0 Å². The van der Waals surface area contributed by atoms with Crippen LogP contribution in [0.3, 0.4) is 0 Å². The predicted octanol–water partition coefficient (Wildman–Crippen LogP) is 0.359. The molecule has 0 aromatic rings. The fourth-order valence-corrected chi connectivity index (χ4v) is 5.37. The van der Waals surface area contributed by atoms with E-state index in [1.54, 1.807) is 0 Å². The van der Waals surface area contributed by atoms with E-state index in [1.165, 1.54) is 0 Å². The SMILES string of the molecule is O=C1C2C3C=CC4C2C4C3N1S(=O)(=O)Cl. The van der Waals surface area contributed by atoms with Crippen LogP contribution < -0.4 is 0 Å². The molecule has 1 amide bonds. The largest absolute Gasteiger partial charge is 0.324 e. The van der Waals surface area contributed by atoms with Crippen molar-refractivity contribution in [2.45, 2.75) is 6.04 Å². The highest BCUT2D eigenvalue weighted by Crippen LogP contribution is 2.71. The normalized spacial score (nSPS) is 53.9. The van der Waals surface area contributed by atoms with Crippen LogP contribution in [-0.2, 0) is 14.0 Å². The summed E-state index contributed by atoms with van der Waals surface area (Å²) in [5.74, 6) is 0.892. The highest BCUT2D eigenvalue weighted by atomic mass is 35.7. The zero-order valence-electron chi connectivity index (χ0n) is 7.58. The van der Waals surface area contributed by atoms with Gasteiger partial charge in [0, 0.05) is 16.6 Å². The summed E-state index contributed by atoms with van der Waals surface area (Å²) in [4.78, 5) is 11.9. The van der Waals surface area contributed by atoms with Crippen LogP contribution in [0.4, 0.5) is 0 Å². The van der Waals surface area contributed by atoms with Crippen molar-refractivity contribution in [2.24, 2.45) is 29.6 Å². The van der Waals surface area contributed by atoms with Crippen molar-refractivity contribution in [1.82, 2.24) is 4.31 Å². The van der Waals surface area contributed by atoms with Crippen LogP contribution in [0.1, 0.15) is 0 Å². The Balaban J connectivity index is 1.90. The number of nitrogens with zero attached hydrogens (tertiary/aromatic N) is 1. The van der Waals surface area contributed by atoms with Crippen LogP contribution in [0, 0.1) is 29.6 Å². The lowest BCUT2D eigenvalue weighted by Crippen LogP contribution is -2.41. The summed E-state index contributed by atoms with van der Waals surface area (Å²) in [6.07, 6.45) is 4.13. The highest BCUT2D eigenvalue weighted by molar-refractivity contribution is 8.12. The molecule has 1 heterocycles. The first-order valence-corrected chi connectivity index (χ1v) is 7.24. The molecular weight excluding hydrogens is 238 g/mol. The Kier molecular flexibility index (Phi) is 1.21. The van der Waals surface area contributed by atoms with E-state index in [0.29, 0.717) is 17.8 Å². The number of piperidine rings is 1. The van der Waals surface area contributed by atoms with E-state index in [0.717, 1.165) is 4.31 Å². The Morgan fingerprint density at radius 1 is 1.20 bits per heavy atom. The van der Waals surface area contributed by atoms with Gasteiger partial charge in [-0.25, -0.2) is 4.31 Å². The molecule has 0 aromatic heterocycles. The van der Waals surface area contributed by atoms with Gasteiger partial charge in [0.15, 0.2) is 0 Å². The van der Waals surface area contributed by atoms with Crippen LogP contribution >= 0.6 is 10.7 Å². The molecule has 0 aromatic carbocycles. The molecule has 6 heteroatoms. The summed E-state index contributed by atoms with van der Waals surface area (Å²) in [5.41, 5.74) is 0. The quantitative estimate of drug-likeness (QED) is 0.495. The molecule has 6 unspecified atom stereocenters. The second kappa shape index (κ2) is 2.11. The Morgan fingerprint density at radius 2 is 1.87 bits per heavy atom. The fraction of sp³-hybridized carbons (Fsp3) is 0.667. The lowest BCUT2D eigenvalue weighted by atomic mass is 9.84. The van der Waals surface area contributed by atoms with E-state index >= 15 is 0 Å². The number of hydrogen-bond acceptors (Lipinski definition) is 3. The number of rotatable bonds is 1. The van der Waals surface area contributed by atoms with Gasteiger partial charge < -0.3 is 0 Å². The number of carbonyl (C=O) groups excluding carboxylic acids is 1. The van der Waals surface area contributed by atoms with Crippen LogP contribution in [0.5, 0.6) is 0 Å². The predicted molar refractivity (Wildman–Crippen MR) is 52.0 cm³/mol. The summed E-state index contributed by atoms with van der Waals surface area (Å²) in [7, 11) is 1.41. The van der Waals surface area contributed by atoms with E-state index in [9.17, 15) is 13.2 Å². The van der Waals surface area contributed by atoms with Crippen LogP contribution in [-0.4, -0.2) is 24.7 Å². The summed E-state index contributed by atoms with van der Waals surface area (Å²) in [6, 6.07) is -0.176. The Hall–Kier alpha value is -0.550. The zero-order valence-corrected chi connectivity index (χ0v) is 9.15. The van der Waals surface area contributed by atoms with Gasteiger partial charge in [-0.3, -0.25) is 4.79 Å². The first-order chi connectivity index (χ1) is 7.02. The molecule has 1 aliphatic heterocycles. The van der Waals surface area contributed by atoms with Gasteiger partial charge in [0.05, 0.1) is 12.0 Å². The first kappa shape index (κ1) is 8.58. The van der Waals surface area contributed by atoms with Gasteiger partial charge in [-0.05, 0) is 17.8 Å². The average molecular weight is 246 g/mol. The topological polar surface area (TPSA) is 54.5 Å². The third kappa shape index (κ3) is 0.751. The van der Waals surface area contributed by atoms with E-state index in [1.807, 2.05) is 6.08 Å². The number of hydrogen-bond donors (Lipinski definition) is 0. The minimum atomic E-state index is -3.89. The maximum absolute atomic E-state index is 11.9. The van der Waals surface area contributed by atoms with Crippen LogP contribution in [0.15, 0.2) is 12.2 Å². The second-order valence-corrected chi connectivity index (χ2v) is 7.17. The molecule has 2 saturated carbocycles. The van der Waals surface area contributed by atoms with Gasteiger partial charge in [0.2, 0.25) is 5.91 Å². The maximum Gasteiger partial charge on any atom is 0.324 e. The van der Waals surface area contributed by atoms with Gasteiger partial charge in [0.25, 0.3) is 0 Å². The molecular formula is C9H8ClNO3S. The first-order valence-electron chi connectivity index (χ1n) is 4.98. The summed E-state index contributed by atoms with van der Waals surface area (Å²) in [5, 5.41) is 0. The summed E-state index contributed by atoms with van der Waals surface area (Å²) >= 11 is 0. The summed E-state index contributed by atoms with van der Waals surface area (Å²) < 4.78 is 23.6. The smallest absolute Gasteiger partial charge is 0.273 e. The van der Waals surface area contributed by atoms with Gasteiger partial charge in [-0.2, -0.15) is 8.42 Å². The second-order valence-electron chi connectivity index (χ2n) is 4.79. The number of halogens is 1. The van der Waals surface area contributed by atoms with E-state index in [-0.39, 0.29) is 23.8 Å². The summed E-state index contributed by atoms with van der Waals surface area (Å²) in [6.45, 7) is 0. The molecule has 0 spiro atoms. The van der Waals surface area contributed by atoms with Crippen molar-refractivity contribution >= 4 is 25.8 Å². The molecule has 4 aliphatic carbocycles. The third-order valence-corrected chi connectivity index (χ3v) is 5.71. The van der Waals surface area contributed by atoms with Crippen LogP contribution in [0.2, 0.25) is 0 Å². The average Bonchev–Trinajstić information content (AvgIpc) is 2.71. The van der Waals surface area contributed by atoms with E-state index in [2.05, 4.69) is 6.08 Å². The molecule has 5 aliphatic rings. The van der Waals surface area contributed by atoms with Crippen molar-refractivity contribution in [3.05, 3.63) is 12.2 Å². The lowest BCUT2D eigenvalue weighted by Gasteiger charge is -2.25. The minimum Gasteiger partial charge on any atom is -0.273 e. The molecule has 6 bridgehead atoms. The number of carbonyl (C=O) groups is 1. The fourth-order valence-electron chi connectivity index (χ4n) is 3.98. The Labute approximate surface area is 91.4 Å². The Bertz CT molecular complexity index is 513. The molecule has 4 nitrogen and oxygen atoms in total. The lowest BCUT2D eigenvalue weighted by molar-refractivity contribution is -0.129. The van der Waals surface area contributed by atoms with E-state index in [4.69, 9.17) is 10.7 Å². The zero-order chi connectivity index (χ0) is 10.5. The van der Waals surface area contributed by atoms with Crippen molar-refractivity contribution < 1.29 is 13.2 Å². The number of amides is 1. The van der Waals surface area contributed by atoms with Gasteiger partial charge in [-0.1, -0.05) is 12.2 Å². The Morgan fingerprint density at radius 3 is 2.47 bits per heavy atom. The molecule has 15 heavy (non-hydrogen) atoms. The van der Waals surface area contributed by atoms with Gasteiger partial charge in [-0.15, -0.1) is 0 Å². The molecule has 5 rings (SSSR count). The van der Waals surface area contributed by atoms with Gasteiger partial charge >= 0.3 is 9.24 Å². The maximum atomic E-state index is 11.9. The molecule has 6 atom stereocenters. The minimum absolute atomic E-state index is 0.0889. The molecule has 1 saturated heterocycles. The van der Waals surface area contributed by atoms with Gasteiger partial charge in [0.1, 0.15) is 0 Å². The van der Waals surface area contributed by atoms with E-state index < -0.39 is 9.24 Å². The molecule has 80 valence electrons. The molecule has 0 radical (unpaired) electrons.